The molecule has 0 saturated carbocycles. The van der Waals surface area contributed by atoms with Gasteiger partial charge in [0.25, 0.3) is 0 Å². The molecule has 2 aliphatic rings. The first-order chi connectivity index (χ1) is 27.4. The van der Waals surface area contributed by atoms with Gasteiger partial charge in [0.2, 0.25) is 0 Å². The van der Waals surface area contributed by atoms with Crippen molar-refractivity contribution in [1.82, 2.24) is 29.9 Å². The van der Waals surface area contributed by atoms with Gasteiger partial charge in [0.15, 0.2) is 11.6 Å². The molecule has 2 fully saturated rings. The Bertz CT molecular complexity index is 2050. The van der Waals surface area contributed by atoms with Crippen LogP contribution in [0, 0.1) is 3.57 Å². The predicted molar refractivity (Wildman–Crippen MR) is 231 cm³/mol. The number of hydrogen-bond donors (Lipinski definition) is 0. The van der Waals surface area contributed by atoms with Gasteiger partial charge in [0.1, 0.15) is 11.6 Å². The van der Waals surface area contributed by atoms with Gasteiger partial charge in [0, 0.05) is 145 Å². The Labute approximate surface area is 348 Å². The van der Waals surface area contributed by atoms with Crippen LogP contribution in [-0.4, -0.2) is 93.8 Å². The molecule has 6 aromatic rings. The van der Waals surface area contributed by atoms with Crippen LogP contribution in [0.1, 0.15) is 31.8 Å². The van der Waals surface area contributed by atoms with Crippen molar-refractivity contribution in [3.05, 3.63) is 153 Å². The van der Waals surface area contributed by atoms with Crippen LogP contribution in [0.4, 0.5) is 23.0 Å². The third kappa shape index (κ3) is 10.1. The Morgan fingerprint density at radius 3 is 1.43 bits per heavy atom. The summed E-state index contributed by atoms with van der Waals surface area (Å²) >= 11 is 5.90. The molecular weight excluding hydrogens is 883 g/mol. The smallest absolute Gasteiger partial charge is 0.168 e. The molecule has 0 unspecified atom stereocenters. The number of rotatable bonds is 10. The summed E-state index contributed by atoms with van der Waals surface area (Å²) in [6.07, 6.45) is 17.8. The summed E-state index contributed by atoms with van der Waals surface area (Å²) in [6.45, 7) is 6.96. The van der Waals surface area contributed by atoms with Gasteiger partial charge >= 0.3 is 0 Å². The maximum Gasteiger partial charge on any atom is 0.168 e. The zero-order chi connectivity index (χ0) is 38.7. The van der Waals surface area contributed by atoms with Crippen molar-refractivity contribution in [2.75, 3.05) is 72.0 Å². The van der Waals surface area contributed by atoms with E-state index < -0.39 is 0 Å². The van der Waals surface area contributed by atoms with E-state index in [1.807, 2.05) is 24.3 Å². The lowest BCUT2D eigenvalue weighted by molar-refractivity contribution is 0.0984. The molecule has 0 aliphatic carbocycles. The fourth-order valence-corrected chi connectivity index (χ4v) is 7.65. The number of benzene rings is 2. The van der Waals surface area contributed by atoms with Gasteiger partial charge < -0.3 is 19.6 Å². The highest BCUT2D eigenvalue weighted by molar-refractivity contribution is 14.1. The third-order valence-corrected chi connectivity index (χ3v) is 10.9. The van der Waals surface area contributed by atoms with Crippen LogP contribution in [0.5, 0.6) is 0 Å². The molecule has 8 rings (SSSR count). The number of hydrogen-bond acceptors (Lipinski definition) is 12. The summed E-state index contributed by atoms with van der Waals surface area (Å²) in [6, 6.07) is 19.7. The summed E-state index contributed by atoms with van der Waals surface area (Å²) in [7, 11) is 0. The molecule has 0 atom stereocenters. The molecule has 0 spiro atoms. The number of pyridine rings is 2. The van der Waals surface area contributed by atoms with Crippen molar-refractivity contribution in [1.29, 1.82) is 0 Å². The Balaban J connectivity index is 0.000000172. The molecule has 56 heavy (non-hydrogen) atoms. The molecule has 0 N–H and O–H groups in total. The van der Waals surface area contributed by atoms with Gasteiger partial charge in [-0.3, -0.25) is 29.5 Å². The van der Waals surface area contributed by atoms with Gasteiger partial charge in [-0.15, -0.1) is 0 Å². The number of halogens is 2. The number of aromatic nitrogens is 6. The molecule has 0 amide bonds. The number of Topliss-reactive ketones (excluding diaryl/α,β-unsaturated/α-hetero) is 2. The van der Waals surface area contributed by atoms with E-state index in [-0.39, 0.29) is 11.6 Å². The zero-order valence-corrected chi connectivity index (χ0v) is 34.4. The first kappa shape index (κ1) is 38.9. The van der Waals surface area contributed by atoms with Crippen LogP contribution < -0.4 is 19.6 Å². The number of anilines is 4. The lowest BCUT2D eigenvalue weighted by atomic mass is 10.0. The van der Waals surface area contributed by atoms with Crippen LogP contribution in [0.15, 0.2) is 127 Å². The van der Waals surface area contributed by atoms with E-state index in [1.54, 1.807) is 74.1 Å². The number of nitrogens with zero attached hydrogens (tertiary/aromatic N) is 10. The van der Waals surface area contributed by atoms with Gasteiger partial charge in [0.05, 0.1) is 12.4 Å². The largest absolute Gasteiger partial charge is 0.368 e. The molecule has 2 aliphatic heterocycles. The van der Waals surface area contributed by atoms with Gasteiger partial charge in [-0.25, -0.2) is 9.97 Å². The summed E-state index contributed by atoms with van der Waals surface area (Å²) in [5.74, 6) is 1.99. The maximum atomic E-state index is 12.7. The topological polar surface area (TPSA) is 124 Å². The van der Waals surface area contributed by atoms with E-state index in [0.717, 1.165) is 91.0 Å². The summed E-state index contributed by atoms with van der Waals surface area (Å²) in [4.78, 5) is 59.8. The molecule has 4 aromatic heterocycles. The fraction of sp³-hybridized carbons (Fsp3) is 0.238. The lowest BCUT2D eigenvalue weighted by Crippen LogP contribution is -2.47. The number of piperazine rings is 2. The molecule has 2 aromatic carbocycles. The van der Waals surface area contributed by atoms with Crippen molar-refractivity contribution >= 4 is 73.1 Å². The minimum atomic E-state index is 0.0786. The Kier molecular flexibility index (Phi) is 13.2. The quantitative estimate of drug-likeness (QED) is 0.109. The number of carbonyl (C=O) groups excluding carboxylic acids is 2. The van der Waals surface area contributed by atoms with E-state index in [1.165, 1.54) is 3.57 Å². The van der Waals surface area contributed by atoms with E-state index in [2.05, 4.69) is 112 Å². The first-order valence-electron chi connectivity index (χ1n) is 18.4. The maximum absolute atomic E-state index is 12.7. The van der Waals surface area contributed by atoms with Gasteiger partial charge in [-0.1, -0.05) is 28.1 Å². The van der Waals surface area contributed by atoms with Crippen molar-refractivity contribution < 1.29 is 9.59 Å². The van der Waals surface area contributed by atoms with Crippen LogP contribution in [0.3, 0.4) is 0 Å². The second kappa shape index (κ2) is 19.0. The average molecular weight is 924 g/mol. The van der Waals surface area contributed by atoms with Gasteiger partial charge in [-0.2, -0.15) is 0 Å². The highest BCUT2D eigenvalue weighted by Gasteiger charge is 2.23. The summed E-state index contributed by atoms with van der Waals surface area (Å²) in [5, 5.41) is 0. The summed E-state index contributed by atoms with van der Waals surface area (Å²) in [5.41, 5.74) is 5.63. The lowest BCUT2D eigenvalue weighted by Gasteiger charge is -2.37. The number of ketones is 2. The van der Waals surface area contributed by atoms with Crippen molar-refractivity contribution in [3.63, 3.8) is 0 Å². The Morgan fingerprint density at radius 2 is 0.982 bits per heavy atom. The predicted octanol–water partition coefficient (Wildman–Crippen LogP) is 6.61. The molecule has 0 bridgehead atoms. The van der Waals surface area contributed by atoms with Crippen molar-refractivity contribution in [2.45, 2.75) is 12.8 Å². The molecule has 0 radical (unpaired) electrons. The fourth-order valence-electron chi connectivity index (χ4n) is 6.83. The SMILES string of the molecule is O=C(Cc1ccc(Br)cc1N1CCN(c2cnccn2)CC1)c1cccnc1.O=C(Cc1ccc(I)cc1N1CCN(c2cnccn2)CC1)c1cccnc1. The third-order valence-electron chi connectivity index (χ3n) is 9.75. The Hall–Kier alpha value is -5.35. The molecule has 6 heterocycles. The van der Waals surface area contributed by atoms with E-state index in [9.17, 15) is 9.59 Å². The van der Waals surface area contributed by atoms with E-state index >= 15 is 0 Å². The minimum Gasteiger partial charge on any atom is -0.368 e. The monoisotopic (exact) mass is 922 g/mol. The first-order valence-corrected chi connectivity index (χ1v) is 20.2. The van der Waals surface area contributed by atoms with Gasteiger partial charge in [-0.05, 0) is 82.2 Å². The normalized spacial score (nSPS) is 14.2. The second-order valence-electron chi connectivity index (χ2n) is 13.3. The van der Waals surface area contributed by atoms with Crippen molar-refractivity contribution in [2.24, 2.45) is 0 Å². The molecule has 284 valence electrons. The average Bonchev–Trinajstić information content (AvgIpc) is 3.26. The zero-order valence-electron chi connectivity index (χ0n) is 30.7. The molecular formula is C42H40BrIN10O2. The highest BCUT2D eigenvalue weighted by Crippen LogP contribution is 2.29. The standard InChI is InChI=1S/C21H20BrN5O.C21H20IN5O/c2*22-18-4-3-16(12-20(28)17-2-1-5-23-14-17)19(13-18)26-8-10-27(11-9-26)21-15-24-6-7-25-21/h2*1-7,13-15H,8-12H2. The molecule has 2 saturated heterocycles. The van der Waals surface area contributed by atoms with E-state index in [4.69, 9.17) is 0 Å². The van der Waals surface area contributed by atoms with Crippen LogP contribution >= 0.6 is 38.5 Å². The van der Waals surface area contributed by atoms with Crippen LogP contribution in [0.2, 0.25) is 0 Å². The van der Waals surface area contributed by atoms with Crippen molar-refractivity contribution in [3.8, 4) is 0 Å². The van der Waals surface area contributed by atoms with E-state index in [0.29, 0.717) is 24.0 Å². The minimum absolute atomic E-state index is 0.0786. The second-order valence-corrected chi connectivity index (χ2v) is 15.5. The van der Waals surface area contributed by atoms with Crippen LogP contribution in [0.25, 0.3) is 0 Å². The number of carbonyl (C=O) groups is 2. The molecule has 14 heteroatoms. The van der Waals surface area contributed by atoms with Crippen LogP contribution in [-0.2, 0) is 12.8 Å². The molecule has 12 nitrogen and oxygen atoms in total. The summed E-state index contributed by atoms with van der Waals surface area (Å²) < 4.78 is 2.18. The Morgan fingerprint density at radius 1 is 0.536 bits per heavy atom. The highest BCUT2D eigenvalue weighted by atomic mass is 127.